The van der Waals surface area contributed by atoms with Crippen molar-refractivity contribution in [3.05, 3.63) is 182 Å². The van der Waals surface area contributed by atoms with Crippen LogP contribution in [0.5, 0.6) is 0 Å². The van der Waals surface area contributed by atoms with E-state index in [4.69, 9.17) is 0 Å². The summed E-state index contributed by atoms with van der Waals surface area (Å²) in [6, 6.07) is 64.7. The van der Waals surface area contributed by atoms with Crippen molar-refractivity contribution in [3.63, 3.8) is 0 Å². The summed E-state index contributed by atoms with van der Waals surface area (Å²) in [5.74, 6) is 0. The van der Waals surface area contributed by atoms with Crippen molar-refractivity contribution in [3.8, 4) is 0 Å². The third kappa shape index (κ3) is 11.6. The van der Waals surface area contributed by atoms with Crippen LogP contribution in [-0.2, 0) is 20.4 Å². The van der Waals surface area contributed by atoms with E-state index in [9.17, 15) is 0 Å². The van der Waals surface area contributed by atoms with Gasteiger partial charge in [0.05, 0.1) is 0 Å². The molecule has 6 rings (SSSR count). The molecule has 2 N–H and O–H groups in total. The van der Waals surface area contributed by atoms with Crippen molar-refractivity contribution in [2.75, 3.05) is 0 Å². The first-order valence-electron chi connectivity index (χ1n) is 12.8. The number of halogens is 3. The molecule has 0 heterocycles. The van der Waals surface area contributed by atoms with Gasteiger partial charge < -0.3 is 17.9 Å². The van der Waals surface area contributed by atoms with Gasteiger partial charge in [-0.3, -0.25) is 0 Å². The van der Waals surface area contributed by atoms with Gasteiger partial charge in [-0.2, -0.15) is 0 Å². The second-order valence-corrected chi connectivity index (χ2v) is 13.1. The zero-order chi connectivity index (χ0) is 25.8. The van der Waals surface area contributed by atoms with Crippen molar-refractivity contribution in [2.45, 2.75) is 0 Å². The van der Waals surface area contributed by atoms with Crippen LogP contribution in [0.3, 0.4) is 0 Å². The molecule has 0 fully saturated rings. The average Bonchev–Trinajstić information content (AvgIpc) is 3.01. The first kappa shape index (κ1) is 40.7. The van der Waals surface area contributed by atoms with Crippen molar-refractivity contribution in [1.82, 2.24) is 0 Å². The number of hydrogen-bond donors (Lipinski definition) is 0. The molecule has 0 saturated heterocycles. The maximum absolute atomic E-state index is 2.23. The SMILES string of the molecule is Cl.Cl.O.[Cl-].[Re].c1ccc(P(c2ccccc2)c2ccccc2)cc1.c1ccc(P(c2ccccc2)c2ccccc2)cc1. The zero-order valence-corrected chi connectivity index (χ0v) is 30.2. The Balaban J connectivity index is 0.000000735. The Labute approximate surface area is 290 Å². The first-order chi connectivity index (χ1) is 18.9. The van der Waals surface area contributed by atoms with Gasteiger partial charge in [0.2, 0.25) is 0 Å². The Morgan fingerprint density at radius 3 is 0.488 bits per heavy atom. The average molecular weight is 837 g/mol. The summed E-state index contributed by atoms with van der Waals surface area (Å²) in [6.07, 6.45) is 0. The van der Waals surface area contributed by atoms with Crippen LogP contribution in [0, 0.1) is 0 Å². The molecule has 7 heteroatoms. The van der Waals surface area contributed by atoms with Gasteiger partial charge in [-0.1, -0.05) is 182 Å². The minimum absolute atomic E-state index is 0. The van der Waals surface area contributed by atoms with Crippen molar-refractivity contribution >= 4 is 72.5 Å². The summed E-state index contributed by atoms with van der Waals surface area (Å²) in [5, 5.41) is 8.39. The molecule has 0 aliphatic heterocycles. The van der Waals surface area contributed by atoms with Gasteiger partial charge >= 0.3 is 0 Å². The monoisotopic (exact) mass is 836 g/mol. The summed E-state index contributed by atoms with van der Waals surface area (Å²) in [5.41, 5.74) is 0. The molecule has 0 aromatic heterocycles. The Kier molecular flexibility index (Phi) is 21.0. The van der Waals surface area contributed by atoms with Gasteiger partial charge in [0.1, 0.15) is 0 Å². The Bertz CT molecular complexity index is 1200. The summed E-state index contributed by atoms with van der Waals surface area (Å²) in [7, 11) is -0.892. The van der Waals surface area contributed by atoms with E-state index in [2.05, 4.69) is 182 Å². The topological polar surface area (TPSA) is 31.5 Å². The van der Waals surface area contributed by atoms with Crippen molar-refractivity contribution in [1.29, 1.82) is 0 Å². The van der Waals surface area contributed by atoms with Crippen molar-refractivity contribution < 1.29 is 38.3 Å². The van der Waals surface area contributed by atoms with Crippen LogP contribution in [0.25, 0.3) is 0 Å². The van der Waals surface area contributed by atoms with Crippen LogP contribution in [0.15, 0.2) is 182 Å². The normalized spacial score (nSPS) is 9.35. The molecule has 0 aliphatic carbocycles. The molecule has 0 saturated carbocycles. The van der Waals surface area contributed by atoms with E-state index in [-0.39, 0.29) is 63.1 Å². The molecule has 43 heavy (non-hydrogen) atoms. The number of hydrogen-bond acceptors (Lipinski definition) is 0. The van der Waals surface area contributed by atoms with Gasteiger partial charge in [0, 0.05) is 20.4 Å². The van der Waals surface area contributed by atoms with Gasteiger partial charge in [0.25, 0.3) is 0 Å². The largest absolute Gasteiger partial charge is 1.00 e. The molecule has 6 aromatic carbocycles. The molecule has 223 valence electrons. The van der Waals surface area contributed by atoms with E-state index >= 15 is 0 Å². The first-order valence-corrected chi connectivity index (χ1v) is 15.5. The standard InChI is InChI=1S/2C18H15P.3ClH.H2O.Re/c2*1-4-10-16(11-5-1)19(17-12-6-2-7-13-17)18-14-8-3-9-15-18;;;;;/h2*1-15H;3*1H;1H2;/p-1. The quantitative estimate of drug-likeness (QED) is 0.228. The van der Waals surface area contributed by atoms with E-state index in [1.165, 1.54) is 31.8 Å². The van der Waals surface area contributed by atoms with Crippen LogP contribution >= 0.6 is 40.7 Å². The smallest absolute Gasteiger partial charge is 0 e. The van der Waals surface area contributed by atoms with Crippen LogP contribution in [-0.4, -0.2) is 5.48 Å². The summed E-state index contributed by atoms with van der Waals surface area (Å²) in [4.78, 5) is 0. The molecule has 6 aromatic rings. The van der Waals surface area contributed by atoms with Gasteiger partial charge in [0.15, 0.2) is 0 Å². The predicted octanol–water partition coefficient (Wildman–Crippen LogP) is 3.91. The molecular formula is C36H34Cl3OP2Re-. The van der Waals surface area contributed by atoms with E-state index < -0.39 is 15.8 Å². The fourth-order valence-corrected chi connectivity index (χ4v) is 8.97. The maximum Gasteiger partial charge on any atom is 0 e. The predicted molar refractivity (Wildman–Crippen MR) is 188 cm³/mol. The molecule has 0 spiro atoms. The van der Waals surface area contributed by atoms with E-state index in [0.29, 0.717) is 0 Å². The second kappa shape index (κ2) is 22.2. The summed E-state index contributed by atoms with van der Waals surface area (Å²) < 4.78 is 0. The van der Waals surface area contributed by atoms with Gasteiger partial charge in [-0.15, -0.1) is 24.8 Å². The van der Waals surface area contributed by atoms with E-state index in [1.54, 1.807) is 0 Å². The fourth-order valence-electron chi connectivity index (χ4n) is 4.36. The second-order valence-electron chi connectivity index (χ2n) is 8.68. The summed E-state index contributed by atoms with van der Waals surface area (Å²) in [6.45, 7) is 0. The maximum atomic E-state index is 2.23. The Hall–Kier alpha value is -2.33. The van der Waals surface area contributed by atoms with E-state index in [0.717, 1.165) is 0 Å². The fraction of sp³-hybridized carbons (Fsp3) is 0. The van der Waals surface area contributed by atoms with Gasteiger partial charge in [-0.05, 0) is 47.7 Å². The van der Waals surface area contributed by atoms with Crippen LogP contribution in [0.1, 0.15) is 0 Å². The Morgan fingerprint density at radius 2 is 0.372 bits per heavy atom. The molecule has 0 amide bonds. The minimum atomic E-state index is -0.446. The number of benzene rings is 6. The third-order valence-corrected chi connectivity index (χ3v) is 11.0. The van der Waals surface area contributed by atoms with Crippen LogP contribution < -0.4 is 44.2 Å². The van der Waals surface area contributed by atoms with Crippen LogP contribution in [0.2, 0.25) is 0 Å². The third-order valence-electron chi connectivity index (χ3n) is 6.09. The number of rotatable bonds is 6. The molecule has 1 radical (unpaired) electrons. The minimum Gasteiger partial charge on any atom is -1.00 e. The molecule has 0 aliphatic rings. The van der Waals surface area contributed by atoms with Crippen LogP contribution in [0.4, 0.5) is 0 Å². The van der Waals surface area contributed by atoms with Crippen molar-refractivity contribution in [2.24, 2.45) is 0 Å². The molecule has 0 atom stereocenters. The molecule has 0 unspecified atom stereocenters. The Morgan fingerprint density at radius 1 is 0.256 bits per heavy atom. The zero-order valence-electron chi connectivity index (χ0n) is 23.3. The van der Waals surface area contributed by atoms with E-state index in [1.807, 2.05) is 0 Å². The van der Waals surface area contributed by atoms with Gasteiger partial charge in [-0.25, -0.2) is 0 Å². The summed E-state index contributed by atoms with van der Waals surface area (Å²) >= 11 is 0. The molecular weight excluding hydrogens is 803 g/mol. The molecule has 0 bridgehead atoms. The molecule has 1 nitrogen and oxygen atoms in total.